The highest BCUT2D eigenvalue weighted by molar-refractivity contribution is 5.70. The van der Waals surface area contributed by atoms with Crippen LogP contribution in [0.25, 0.3) is 11.1 Å². The number of aliphatic hydroxyl groups is 1. The van der Waals surface area contributed by atoms with Crippen LogP contribution in [-0.4, -0.2) is 28.8 Å². The summed E-state index contributed by atoms with van der Waals surface area (Å²) in [7, 11) is 0. The Labute approximate surface area is 167 Å². The molecule has 1 fully saturated rings. The Balaban J connectivity index is 1.60. The molecular formula is C24H31NO3. The topological polar surface area (TPSA) is 58.6 Å². The molecule has 2 aromatic rings. The molecule has 0 heterocycles. The van der Waals surface area contributed by atoms with Crippen LogP contribution < -0.4 is 10.1 Å². The van der Waals surface area contributed by atoms with Crippen molar-refractivity contribution in [3.05, 3.63) is 54.1 Å². The number of hydrogen-bond acceptors (Lipinski definition) is 4. The van der Waals surface area contributed by atoms with Crippen LogP contribution in [0, 0.1) is 5.92 Å². The van der Waals surface area contributed by atoms with Crippen molar-refractivity contribution in [2.45, 2.75) is 64.6 Å². The minimum absolute atomic E-state index is 0.0210. The van der Waals surface area contributed by atoms with E-state index < -0.39 is 0 Å². The smallest absolute Gasteiger partial charge is 0.308 e. The number of carbonyl (C=O) groups is 1. The summed E-state index contributed by atoms with van der Waals surface area (Å²) in [5, 5.41) is 13.9. The molecule has 0 spiro atoms. The van der Waals surface area contributed by atoms with E-state index in [1.807, 2.05) is 24.3 Å². The van der Waals surface area contributed by atoms with Crippen LogP contribution >= 0.6 is 0 Å². The molecule has 2 N–H and O–H groups in total. The van der Waals surface area contributed by atoms with Gasteiger partial charge in [0.2, 0.25) is 0 Å². The second kappa shape index (κ2) is 8.46. The highest BCUT2D eigenvalue weighted by Gasteiger charge is 2.34. The van der Waals surface area contributed by atoms with E-state index in [2.05, 4.69) is 50.4 Å². The number of aliphatic hydroxyl groups excluding tert-OH is 1. The van der Waals surface area contributed by atoms with E-state index >= 15 is 0 Å². The van der Waals surface area contributed by atoms with Crippen molar-refractivity contribution in [1.82, 2.24) is 5.32 Å². The van der Waals surface area contributed by atoms with Crippen molar-refractivity contribution in [2.75, 3.05) is 0 Å². The summed E-state index contributed by atoms with van der Waals surface area (Å²) < 4.78 is 5.08. The van der Waals surface area contributed by atoms with Gasteiger partial charge >= 0.3 is 5.97 Å². The van der Waals surface area contributed by atoms with Crippen molar-refractivity contribution in [3.63, 3.8) is 0 Å². The van der Waals surface area contributed by atoms with Gasteiger partial charge in [-0.2, -0.15) is 0 Å². The molecule has 28 heavy (non-hydrogen) atoms. The minimum atomic E-state index is -0.311. The number of ether oxygens (including phenoxy) is 1. The molecule has 0 saturated heterocycles. The largest absolute Gasteiger partial charge is 0.427 e. The lowest BCUT2D eigenvalue weighted by Crippen LogP contribution is -2.47. The van der Waals surface area contributed by atoms with Crippen LogP contribution in [0.15, 0.2) is 48.5 Å². The van der Waals surface area contributed by atoms with Crippen LogP contribution in [0.2, 0.25) is 0 Å². The van der Waals surface area contributed by atoms with Crippen molar-refractivity contribution in [1.29, 1.82) is 0 Å². The van der Waals surface area contributed by atoms with Crippen LogP contribution in [0.3, 0.4) is 0 Å². The summed E-state index contributed by atoms with van der Waals surface area (Å²) in [6.07, 6.45) is 2.59. The maximum absolute atomic E-state index is 11.0. The molecule has 0 aliphatic heterocycles. The predicted octanol–water partition coefficient (Wildman–Crippen LogP) is 4.35. The number of benzene rings is 2. The number of esters is 1. The molecule has 0 unspecified atom stereocenters. The van der Waals surface area contributed by atoms with Crippen molar-refractivity contribution in [2.24, 2.45) is 5.92 Å². The van der Waals surface area contributed by atoms with E-state index in [1.165, 1.54) is 12.5 Å². The molecule has 1 saturated carbocycles. The molecule has 1 aliphatic carbocycles. The highest BCUT2D eigenvalue weighted by atomic mass is 16.5. The van der Waals surface area contributed by atoms with Gasteiger partial charge in [-0.3, -0.25) is 4.79 Å². The molecular weight excluding hydrogens is 350 g/mol. The standard InChI is InChI=1S/C24H31NO3/c1-16(26)28-21-11-9-20(10-12-21)19-7-5-17(6-8-19)13-18-14-22(23(27)15-18)25-24(2,3)4/h5-12,18,22-23,25,27H,13-15H2,1-4H3/t18-,22+,23+/m0/s1. The van der Waals surface area contributed by atoms with E-state index in [0.717, 1.165) is 30.4 Å². The number of carbonyl (C=O) groups excluding carboxylic acids is 1. The molecule has 1 aliphatic rings. The van der Waals surface area contributed by atoms with E-state index in [4.69, 9.17) is 4.74 Å². The molecule has 0 bridgehead atoms. The Bertz CT molecular complexity index is 790. The summed E-state index contributed by atoms with van der Waals surface area (Å²) in [4.78, 5) is 11.0. The van der Waals surface area contributed by atoms with Gasteiger partial charge in [0, 0.05) is 18.5 Å². The van der Waals surface area contributed by atoms with Gasteiger partial charge in [0.25, 0.3) is 0 Å². The SMILES string of the molecule is CC(=O)Oc1ccc(-c2ccc(C[C@@H]3C[C@@H](O)[C@H](NC(C)(C)C)C3)cc2)cc1. The summed E-state index contributed by atoms with van der Waals surface area (Å²) in [5.74, 6) is 0.754. The Morgan fingerprint density at radius 3 is 2.14 bits per heavy atom. The van der Waals surface area contributed by atoms with Crippen LogP contribution in [0.1, 0.15) is 46.1 Å². The van der Waals surface area contributed by atoms with Gasteiger partial charge < -0.3 is 15.2 Å². The average Bonchev–Trinajstić information content (AvgIpc) is 2.93. The molecule has 2 aromatic carbocycles. The second-order valence-electron chi connectivity index (χ2n) is 8.92. The van der Waals surface area contributed by atoms with E-state index in [0.29, 0.717) is 11.7 Å². The van der Waals surface area contributed by atoms with Gasteiger partial charge in [-0.25, -0.2) is 0 Å². The molecule has 0 aromatic heterocycles. The Morgan fingerprint density at radius 2 is 1.61 bits per heavy atom. The zero-order valence-electron chi connectivity index (χ0n) is 17.2. The first-order chi connectivity index (χ1) is 13.2. The summed E-state index contributed by atoms with van der Waals surface area (Å²) in [6, 6.07) is 16.3. The summed E-state index contributed by atoms with van der Waals surface area (Å²) in [5.41, 5.74) is 3.55. The Morgan fingerprint density at radius 1 is 1.04 bits per heavy atom. The normalized spacial score (nSPS) is 22.2. The first-order valence-corrected chi connectivity index (χ1v) is 10.0. The number of nitrogens with one attached hydrogen (secondary N) is 1. The quantitative estimate of drug-likeness (QED) is 0.597. The Hall–Kier alpha value is -2.17. The van der Waals surface area contributed by atoms with Crippen LogP contribution in [0.5, 0.6) is 5.75 Å². The maximum Gasteiger partial charge on any atom is 0.308 e. The minimum Gasteiger partial charge on any atom is -0.427 e. The number of rotatable bonds is 5. The van der Waals surface area contributed by atoms with Gasteiger partial charge in [0.05, 0.1) is 6.10 Å². The van der Waals surface area contributed by atoms with Crippen molar-refractivity contribution in [3.8, 4) is 16.9 Å². The molecule has 3 atom stereocenters. The molecule has 4 heteroatoms. The van der Waals surface area contributed by atoms with E-state index in [9.17, 15) is 9.90 Å². The van der Waals surface area contributed by atoms with Gasteiger partial charge in [-0.05, 0) is 74.8 Å². The second-order valence-corrected chi connectivity index (χ2v) is 8.92. The third-order valence-corrected chi connectivity index (χ3v) is 5.17. The number of hydrogen-bond donors (Lipinski definition) is 2. The zero-order valence-corrected chi connectivity index (χ0v) is 17.2. The fraction of sp³-hybridized carbons (Fsp3) is 0.458. The monoisotopic (exact) mass is 381 g/mol. The summed E-state index contributed by atoms with van der Waals surface area (Å²) in [6.45, 7) is 7.83. The fourth-order valence-corrected chi connectivity index (χ4v) is 4.04. The third-order valence-electron chi connectivity index (χ3n) is 5.17. The lowest BCUT2D eigenvalue weighted by molar-refractivity contribution is -0.131. The summed E-state index contributed by atoms with van der Waals surface area (Å²) >= 11 is 0. The van der Waals surface area contributed by atoms with Crippen molar-refractivity contribution >= 4 is 5.97 Å². The molecule has 150 valence electrons. The zero-order chi connectivity index (χ0) is 20.3. The molecule has 3 rings (SSSR count). The first kappa shape index (κ1) is 20.6. The maximum atomic E-state index is 11.0. The fourth-order valence-electron chi connectivity index (χ4n) is 4.04. The van der Waals surface area contributed by atoms with Crippen LogP contribution in [0.4, 0.5) is 0 Å². The lowest BCUT2D eigenvalue weighted by Gasteiger charge is -2.27. The highest BCUT2D eigenvalue weighted by Crippen LogP contribution is 2.31. The molecule has 0 radical (unpaired) electrons. The van der Waals surface area contributed by atoms with Crippen LogP contribution in [-0.2, 0) is 11.2 Å². The molecule has 4 nitrogen and oxygen atoms in total. The lowest BCUT2D eigenvalue weighted by atomic mass is 9.95. The van der Waals surface area contributed by atoms with E-state index in [-0.39, 0.29) is 23.7 Å². The van der Waals surface area contributed by atoms with Crippen molar-refractivity contribution < 1.29 is 14.6 Å². The first-order valence-electron chi connectivity index (χ1n) is 10.0. The van der Waals surface area contributed by atoms with E-state index in [1.54, 1.807) is 0 Å². The Kier molecular flexibility index (Phi) is 6.21. The van der Waals surface area contributed by atoms with Gasteiger partial charge in [-0.1, -0.05) is 36.4 Å². The van der Waals surface area contributed by atoms with Gasteiger partial charge in [0.15, 0.2) is 0 Å². The third kappa shape index (κ3) is 5.66. The molecule has 0 amide bonds. The average molecular weight is 382 g/mol. The van der Waals surface area contributed by atoms with Gasteiger partial charge in [-0.15, -0.1) is 0 Å². The van der Waals surface area contributed by atoms with Gasteiger partial charge in [0.1, 0.15) is 5.75 Å². The predicted molar refractivity (Wildman–Crippen MR) is 112 cm³/mol.